The third-order valence-electron chi connectivity index (χ3n) is 7.32. The van der Waals surface area contributed by atoms with Gasteiger partial charge in [0.2, 0.25) is 11.6 Å². The van der Waals surface area contributed by atoms with Crippen LogP contribution in [0.15, 0.2) is 91.3 Å². The Balaban J connectivity index is 1.28. The molecular formula is C29H28N6O2. The van der Waals surface area contributed by atoms with Crippen LogP contribution in [-0.2, 0) is 6.42 Å². The zero-order chi connectivity index (χ0) is 25.2. The van der Waals surface area contributed by atoms with Crippen LogP contribution < -0.4 is 9.80 Å². The molecule has 0 unspecified atom stereocenters. The van der Waals surface area contributed by atoms with E-state index in [1.807, 2.05) is 40.1 Å². The zero-order valence-corrected chi connectivity index (χ0v) is 20.5. The molecule has 0 atom stereocenters. The summed E-state index contributed by atoms with van der Waals surface area (Å²) in [4.78, 5) is 27.3. The van der Waals surface area contributed by atoms with Crippen LogP contribution in [0.1, 0.15) is 22.7 Å². The van der Waals surface area contributed by atoms with Gasteiger partial charge in [-0.25, -0.2) is 9.97 Å². The molecule has 0 saturated carbocycles. The largest absolute Gasteiger partial charge is 0.353 e. The van der Waals surface area contributed by atoms with Gasteiger partial charge in [-0.15, -0.1) is 0 Å². The van der Waals surface area contributed by atoms with Gasteiger partial charge in [0.05, 0.1) is 11.0 Å². The molecule has 0 spiro atoms. The molecule has 0 aliphatic carbocycles. The monoisotopic (exact) mass is 492 g/mol. The van der Waals surface area contributed by atoms with Crippen LogP contribution in [0.5, 0.6) is 0 Å². The fraction of sp³-hybridized carbons (Fsp3) is 0.241. The number of anilines is 3. The Bertz CT molecular complexity index is 1350. The highest BCUT2D eigenvalue weighted by molar-refractivity contribution is 5.78. The van der Waals surface area contributed by atoms with Crippen LogP contribution in [0.2, 0.25) is 0 Å². The predicted molar refractivity (Wildman–Crippen MR) is 144 cm³/mol. The van der Waals surface area contributed by atoms with E-state index in [-0.39, 0.29) is 16.7 Å². The highest BCUT2D eigenvalue weighted by atomic mass is 16.6. The Morgan fingerprint density at radius 3 is 1.97 bits per heavy atom. The average molecular weight is 493 g/mol. The Labute approximate surface area is 216 Å². The number of benzene rings is 3. The smallest absolute Gasteiger partial charge is 0.348 e. The predicted octanol–water partition coefficient (Wildman–Crippen LogP) is 4.99. The van der Waals surface area contributed by atoms with Gasteiger partial charge in [-0.1, -0.05) is 78.9 Å². The minimum atomic E-state index is -0.325. The van der Waals surface area contributed by atoms with Gasteiger partial charge in [-0.05, 0) is 29.2 Å². The van der Waals surface area contributed by atoms with Gasteiger partial charge in [0, 0.05) is 38.4 Å². The lowest BCUT2D eigenvalue weighted by Gasteiger charge is -2.40. The molecule has 3 heterocycles. The molecule has 8 heteroatoms. The van der Waals surface area contributed by atoms with Crippen LogP contribution in [0.3, 0.4) is 0 Å². The SMILES string of the molecule is O=[N+]([O-])c1c(N2CCN(C(c3ccccc3)c3ccccc3)CC2)ncnc1N1CCc2ccccc21. The summed E-state index contributed by atoms with van der Waals surface area (Å²) in [5, 5.41) is 12.4. The maximum absolute atomic E-state index is 12.4. The maximum Gasteiger partial charge on any atom is 0.353 e. The fourth-order valence-electron chi connectivity index (χ4n) is 5.59. The molecular weight excluding hydrogens is 464 g/mol. The van der Waals surface area contributed by atoms with Crippen molar-refractivity contribution in [2.24, 2.45) is 0 Å². The second-order valence-corrected chi connectivity index (χ2v) is 9.40. The number of hydrogen-bond acceptors (Lipinski definition) is 7. The van der Waals surface area contributed by atoms with Gasteiger partial charge in [0.15, 0.2) is 0 Å². The molecule has 1 saturated heterocycles. The Morgan fingerprint density at radius 2 is 1.32 bits per heavy atom. The second kappa shape index (κ2) is 9.99. The molecule has 2 aliphatic heterocycles. The Hall–Kier alpha value is -4.30. The first kappa shape index (κ1) is 23.1. The molecule has 37 heavy (non-hydrogen) atoms. The van der Waals surface area contributed by atoms with Gasteiger partial charge in [-0.3, -0.25) is 15.0 Å². The van der Waals surface area contributed by atoms with E-state index in [0.717, 1.165) is 25.2 Å². The van der Waals surface area contributed by atoms with Crippen LogP contribution in [0, 0.1) is 10.1 Å². The van der Waals surface area contributed by atoms with Crippen molar-refractivity contribution < 1.29 is 4.92 Å². The normalized spacial score (nSPS) is 15.7. The number of fused-ring (bicyclic) bond motifs is 1. The molecule has 0 bridgehead atoms. The van der Waals surface area contributed by atoms with Crippen molar-refractivity contribution in [3.8, 4) is 0 Å². The zero-order valence-electron chi connectivity index (χ0n) is 20.5. The van der Waals surface area contributed by atoms with Crippen molar-refractivity contribution >= 4 is 23.0 Å². The molecule has 0 amide bonds. The summed E-state index contributed by atoms with van der Waals surface area (Å²) in [6, 6.07) is 29.2. The summed E-state index contributed by atoms with van der Waals surface area (Å²) in [5.74, 6) is 0.767. The first-order chi connectivity index (χ1) is 18.2. The van der Waals surface area contributed by atoms with E-state index in [0.29, 0.717) is 31.3 Å². The molecule has 3 aromatic carbocycles. The summed E-state index contributed by atoms with van der Waals surface area (Å²) < 4.78 is 0. The van der Waals surface area contributed by atoms with E-state index in [1.54, 1.807) is 0 Å². The van der Waals surface area contributed by atoms with Crippen molar-refractivity contribution in [3.63, 3.8) is 0 Å². The van der Waals surface area contributed by atoms with Crippen LogP contribution >= 0.6 is 0 Å². The third-order valence-corrected chi connectivity index (χ3v) is 7.32. The first-order valence-corrected chi connectivity index (χ1v) is 12.6. The molecule has 0 radical (unpaired) electrons. The van der Waals surface area contributed by atoms with Gasteiger partial charge in [0.1, 0.15) is 6.33 Å². The molecule has 2 aliphatic rings. The third kappa shape index (κ3) is 4.40. The van der Waals surface area contributed by atoms with Gasteiger partial charge in [-0.2, -0.15) is 0 Å². The molecule has 1 fully saturated rings. The molecule has 6 rings (SSSR count). The van der Waals surface area contributed by atoms with Crippen molar-refractivity contribution in [2.45, 2.75) is 12.5 Å². The van der Waals surface area contributed by atoms with Crippen molar-refractivity contribution in [3.05, 3.63) is 118 Å². The minimum Gasteiger partial charge on any atom is -0.348 e. The summed E-state index contributed by atoms with van der Waals surface area (Å²) in [6.45, 7) is 3.48. The van der Waals surface area contributed by atoms with Gasteiger partial charge >= 0.3 is 5.69 Å². The number of aromatic nitrogens is 2. The highest BCUT2D eigenvalue weighted by Crippen LogP contribution is 2.41. The summed E-state index contributed by atoms with van der Waals surface area (Å²) in [6.07, 6.45) is 2.30. The lowest BCUT2D eigenvalue weighted by atomic mass is 9.96. The molecule has 0 N–H and O–H groups in total. The van der Waals surface area contributed by atoms with E-state index < -0.39 is 0 Å². The van der Waals surface area contributed by atoms with E-state index in [9.17, 15) is 10.1 Å². The van der Waals surface area contributed by atoms with E-state index in [4.69, 9.17) is 0 Å². The second-order valence-electron chi connectivity index (χ2n) is 9.40. The minimum absolute atomic E-state index is 0.0182. The van der Waals surface area contributed by atoms with Gasteiger partial charge < -0.3 is 9.80 Å². The maximum atomic E-state index is 12.4. The number of nitro groups is 1. The number of rotatable bonds is 6. The first-order valence-electron chi connectivity index (χ1n) is 12.6. The number of piperazine rings is 1. The lowest BCUT2D eigenvalue weighted by Crippen LogP contribution is -2.48. The average Bonchev–Trinajstić information content (AvgIpc) is 3.38. The lowest BCUT2D eigenvalue weighted by molar-refractivity contribution is -0.383. The highest BCUT2D eigenvalue weighted by Gasteiger charge is 2.35. The van der Waals surface area contributed by atoms with Crippen molar-refractivity contribution in [1.29, 1.82) is 0 Å². The number of hydrogen-bond donors (Lipinski definition) is 0. The molecule has 186 valence electrons. The van der Waals surface area contributed by atoms with Crippen LogP contribution in [0.25, 0.3) is 0 Å². The Kier molecular flexibility index (Phi) is 6.24. The van der Waals surface area contributed by atoms with Gasteiger partial charge in [0.25, 0.3) is 0 Å². The Morgan fingerprint density at radius 1 is 0.730 bits per heavy atom. The molecule has 8 nitrogen and oxygen atoms in total. The summed E-state index contributed by atoms with van der Waals surface area (Å²) >= 11 is 0. The van der Waals surface area contributed by atoms with E-state index >= 15 is 0 Å². The molecule has 4 aromatic rings. The molecule has 1 aromatic heterocycles. The summed E-state index contributed by atoms with van der Waals surface area (Å²) in [5.41, 5.74) is 4.62. The standard InChI is InChI=1S/C29H28N6O2/c36-35(37)27-28(30-21-31-29(27)34-16-15-22-9-7-8-14-25(22)34)33-19-17-32(18-20-33)26(23-10-3-1-4-11-23)24-12-5-2-6-13-24/h1-14,21,26H,15-20H2. The van der Waals surface area contributed by atoms with Crippen LogP contribution in [-0.4, -0.2) is 52.5 Å². The van der Waals surface area contributed by atoms with Crippen molar-refractivity contribution in [2.75, 3.05) is 42.5 Å². The number of para-hydroxylation sites is 1. The van der Waals surface area contributed by atoms with E-state index in [2.05, 4.69) is 69.5 Å². The number of nitrogens with zero attached hydrogens (tertiary/aromatic N) is 6. The van der Waals surface area contributed by atoms with Crippen molar-refractivity contribution in [1.82, 2.24) is 14.9 Å². The summed E-state index contributed by atoms with van der Waals surface area (Å²) in [7, 11) is 0. The fourth-order valence-corrected chi connectivity index (χ4v) is 5.59. The van der Waals surface area contributed by atoms with E-state index in [1.165, 1.54) is 23.0 Å². The topological polar surface area (TPSA) is 78.6 Å². The van der Waals surface area contributed by atoms with Crippen LogP contribution in [0.4, 0.5) is 23.0 Å². The quantitative estimate of drug-likeness (QED) is 0.277.